The molecule has 3 N–H and O–H groups in total. The number of carbonyl (C=O) groups is 1. The molecule has 0 aromatic heterocycles. The van der Waals surface area contributed by atoms with Gasteiger partial charge in [-0.05, 0) is 32.5 Å². The van der Waals surface area contributed by atoms with Crippen molar-refractivity contribution >= 4 is 5.91 Å². The SMILES string of the molecule is CN(C)C(CNC(=O)CN1CCC(N)CC1)c1ccccc1. The van der Waals surface area contributed by atoms with Crippen LogP contribution in [0, 0.1) is 0 Å². The van der Waals surface area contributed by atoms with Crippen molar-refractivity contribution in [2.45, 2.75) is 24.9 Å². The summed E-state index contributed by atoms with van der Waals surface area (Å²) in [4.78, 5) is 16.5. The Morgan fingerprint density at radius 3 is 2.55 bits per heavy atom. The molecule has 1 aromatic rings. The second-order valence-corrected chi connectivity index (χ2v) is 6.31. The van der Waals surface area contributed by atoms with Gasteiger partial charge < -0.3 is 16.0 Å². The minimum absolute atomic E-state index is 0.0956. The number of nitrogens with zero attached hydrogens (tertiary/aromatic N) is 2. The largest absolute Gasteiger partial charge is 0.353 e. The summed E-state index contributed by atoms with van der Waals surface area (Å²) in [6, 6.07) is 10.8. The third-order valence-electron chi connectivity index (χ3n) is 4.30. The molecule has 1 aliphatic rings. The summed E-state index contributed by atoms with van der Waals surface area (Å²) in [7, 11) is 4.08. The van der Waals surface area contributed by atoms with Crippen LogP contribution in [0.25, 0.3) is 0 Å². The van der Waals surface area contributed by atoms with Crippen LogP contribution < -0.4 is 11.1 Å². The van der Waals surface area contributed by atoms with Crippen molar-refractivity contribution in [3.63, 3.8) is 0 Å². The molecule has 1 saturated heterocycles. The normalized spacial score (nSPS) is 18.4. The quantitative estimate of drug-likeness (QED) is 0.817. The summed E-state index contributed by atoms with van der Waals surface area (Å²) in [5.74, 6) is 0.0956. The number of likely N-dealkylation sites (N-methyl/N-ethyl adjacent to an activating group) is 1. The van der Waals surface area contributed by atoms with E-state index < -0.39 is 0 Å². The average molecular weight is 304 g/mol. The second-order valence-electron chi connectivity index (χ2n) is 6.31. The van der Waals surface area contributed by atoms with Gasteiger partial charge in [0.1, 0.15) is 0 Å². The first-order valence-corrected chi connectivity index (χ1v) is 8.02. The molecule has 1 amide bonds. The topological polar surface area (TPSA) is 61.6 Å². The van der Waals surface area contributed by atoms with Crippen molar-refractivity contribution < 1.29 is 4.79 Å². The highest BCUT2D eigenvalue weighted by atomic mass is 16.2. The molecule has 0 spiro atoms. The number of hydrogen-bond acceptors (Lipinski definition) is 4. The third-order valence-corrected chi connectivity index (χ3v) is 4.30. The minimum Gasteiger partial charge on any atom is -0.353 e. The van der Waals surface area contributed by atoms with Gasteiger partial charge >= 0.3 is 0 Å². The van der Waals surface area contributed by atoms with Crippen LogP contribution in [-0.2, 0) is 4.79 Å². The Balaban J connectivity index is 1.81. The molecule has 1 heterocycles. The van der Waals surface area contributed by atoms with Gasteiger partial charge in [-0.25, -0.2) is 0 Å². The summed E-state index contributed by atoms with van der Waals surface area (Å²) < 4.78 is 0. The first kappa shape index (κ1) is 16.9. The summed E-state index contributed by atoms with van der Waals surface area (Å²) in [6.45, 7) is 2.94. The third kappa shape index (κ3) is 5.09. The lowest BCUT2D eigenvalue weighted by atomic mass is 10.1. The van der Waals surface area contributed by atoms with E-state index in [1.54, 1.807) is 0 Å². The van der Waals surface area contributed by atoms with Crippen molar-refractivity contribution in [3.05, 3.63) is 35.9 Å². The van der Waals surface area contributed by atoms with E-state index >= 15 is 0 Å². The maximum atomic E-state index is 12.1. The lowest BCUT2D eigenvalue weighted by molar-refractivity contribution is -0.122. The lowest BCUT2D eigenvalue weighted by Crippen LogP contribution is -2.45. The van der Waals surface area contributed by atoms with Crippen LogP contribution in [0.3, 0.4) is 0 Å². The van der Waals surface area contributed by atoms with Crippen LogP contribution in [0.4, 0.5) is 0 Å². The van der Waals surface area contributed by atoms with E-state index in [-0.39, 0.29) is 11.9 Å². The van der Waals surface area contributed by atoms with E-state index in [0.29, 0.717) is 19.1 Å². The Kier molecular flexibility index (Phi) is 6.36. The number of piperidine rings is 1. The molecular formula is C17H28N4O. The summed E-state index contributed by atoms with van der Waals surface area (Å²) in [5, 5.41) is 3.07. The monoisotopic (exact) mass is 304 g/mol. The Morgan fingerprint density at radius 1 is 1.32 bits per heavy atom. The highest BCUT2D eigenvalue weighted by Gasteiger charge is 2.19. The number of nitrogens with one attached hydrogen (secondary N) is 1. The molecule has 1 aromatic carbocycles. The van der Waals surface area contributed by atoms with E-state index in [4.69, 9.17) is 5.73 Å². The molecular weight excluding hydrogens is 276 g/mol. The van der Waals surface area contributed by atoms with E-state index in [9.17, 15) is 4.79 Å². The second kappa shape index (κ2) is 8.27. The number of carbonyl (C=O) groups excluding carboxylic acids is 1. The summed E-state index contributed by atoms with van der Waals surface area (Å²) >= 11 is 0. The number of likely N-dealkylation sites (tertiary alicyclic amines) is 1. The molecule has 2 rings (SSSR count). The average Bonchev–Trinajstić information content (AvgIpc) is 2.50. The highest BCUT2D eigenvalue weighted by molar-refractivity contribution is 5.78. The van der Waals surface area contributed by atoms with Gasteiger partial charge in [-0.3, -0.25) is 9.69 Å². The molecule has 5 nitrogen and oxygen atoms in total. The first-order chi connectivity index (χ1) is 10.6. The number of rotatable bonds is 6. The van der Waals surface area contributed by atoms with Crippen molar-refractivity contribution in [2.75, 3.05) is 40.3 Å². The fourth-order valence-electron chi connectivity index (χ4n) is 2.85. The molecule has 0 aliphatic carbocycles. The molecule has 1 atom stereocenters. The Labute approximate surface area is 133 Å². The number of benzene rings is 1. The van der Waals surface area contributed by atoms with Crippen molar-refractivity contribution in [3.8, 4) is 0 Å². The molecule has 122 valence electrons. The fraction of sp³-hybridized carbons (Fsp3) is 0.588. The smallest absolute Gasteiger partial charge is 0.234 e. The lowest BCUT2D eigenvalue weighted by Gasteiger charge is -2.30. The zero-order chi connectivity index (χ0) is 15.9. The molecule has 22 heavy (non-hydrogen) atoms. The van der Waals surface area contributed by atoms with Gasteiger partial charge in [0.25, 0.3) is 0 Å². The predicted octanol–water partition coefficient (Wildman–Crippen LogP) is 0.829. The number of nitrogens with two attached hydrogens (primary N) is 1. The van der Waals surface area contributed by atoms with Crippen LogP contribution in [-0.4, -0.2) is 62.0 Å². The van der Waals surface area contributed by atoms with Gasteiger partial charge in [0.05, 0.1) is 12.6 Å². The van der Waals surface area contributed by atoms with Crippen LogP contribution in [0.2, 0.25) is 0 Å². The Hall–Kier alpha value is -1.43. The summed E-state index contributed by atoms with van der Waals surface area (Å²) in [5.41, 5.74) is 7.11. The molecule has 1 fully saturated rings. The molecule has 5 heteroatoms. The van der Waals surface area contributed by atoms with Crippen molar-refractivity contribution in [1.29, 1.82) is 0 Å². The van der Waals surface area contributed by atoms with E-state index in [2.05, 4.69) is 27.2 Å². The molecule has 0 bridgehead atoms. The molecule has 0 saturated carbocycles. The maximum Gasteiger partial charge on any atom is 0.234 e. The van der Waals surface area contributed by atoms with Crippen LogP contribution in [0.1, 0.15) is 24.4 Å². The minimum atomic E-state index is 0.0956. The van der Waals surface area contributed by atoms with Gasteiger partial charge in [-0.2, -0.15) is 0 Å². The van der Waals surface area contributed by atoms with Crippen molar-refractivity contribution in [1.82, 2.24) is 15.1 Å². The van der Waals surface area contributed by atoms with Gasteiger partial charge in [0, 0.05) is 25.7 Å². The number of hydrogen-bond donors (Lipinski definition) is 2. The zero-order valence-electron chi connectivity index (χ0n) is 13.7. The molecule has 0 radical (unpaired) electrons. The molecule has 1 unspecified atom stereocenters. The molecule has 1 aliphatic heterocycles. The Morgan fingerprint density at radius 2 is 1.95 bits per heavy atom. The first-order valence-electron chi connectivity index (χ1n) is 8.02. The standard InChI is InChI=1S/C17H28N4O/c1-20(2)16(14-6-4-3-5-7-14)12-19-17(22)13-21-10-8-15(18)9-11-21/h3-7,15-16H,8-13,18H2,1-2H3,(H,19,22). The van der Waals surface area contributed by atoms with E-state index in [1.165, 1.54) is 5.56 Å². The maximum absolute atomic E-state index is 12.1. The Bertz CT molecular complexity index is 455. The van der Waals surface area contributed by atoms with Crippen LogP contribution in [0.5, 0.6) is 0 Å². The van der Waals surface area contributed by atoms with Gasteiger partial charge in [-0.1, -0.05) is 30.3 Å². The van der Waals surface area contributed by atoms with Crippen LogP contribution >= 0.6 is 0 Å². The van der Waals surface area contributed by atoms with Gasteiger partial charge in [0.15, 0.2) is 0 Å². The van der Waals surface area contributed by atoms with Crippen molar-refractivity contribution in [2.24, 2.45) is 5.73 Å². The predicted molar refractivity (Wildman–Crippen MR) is 89.5 cm³/mol. The zero-order valence-corrected chi connectivity index (χ0v) is 13.7. The number of amides is 1. The fourth-order valence-corrected chi connectivity index (χ4v) is 2.85. The van der Waals surface area contributed by atoms with Gasteiger partial charge in [-0.15, -0.1) is 0 Å². The van der Waals surface area contributed by atoms with Gasteiger partial charge in [0.2, 0.25) is 5.91 Å². The van der Waals surface area contributed by atoms with E-state index in [1.807, 2.05) is 32.3 Å². The highest BCUT2D eigenvalue weighted by Crippen LogP contribution is 2.16. The van der Waals surface area contributed by atoms with E-state index in [0.717, 1.165) is 25.9 Å². The summed E-state index contributed by atoms with van der Waals surface area (Å²) in [6.07, 6.45) is 1.97. The van der Waals surface area contributed by atoms with Crippen LogP contribution in [0.15, 0.2) is 30.3 Å².